The first-order chi connectivity index (χ1) is 20.5. The minimum atomic E-state index is -4.13. The van der Waals surface area contributed by atoms with Crippen molar-refractivity contribution in [2.75, 3.05) is 10.8 Å². The van der Waals surface area contributed by atoms with Crippen molar-refractivity contribution < 1.29 is 18.0 Å². The Labute approximate surface area is 265 Å². The first-order valence-corrected chi connectivity index (χ1v) is 16.9. The molecule has 7 nitrogen and oxygen atoms in total. The van der Waals surface area contributed by atoms with Crippen molar-refractivity contribution in [1.82, 2.24) is 10.2 Å². The number of hydrogen-bond acceptors (Lipinski definition) is 4. The zero-order chi connectivity index (χ0) is 31.1. The highest BCUT2D eigenvalue weighted by Crippen LogP contribution is 2.28. The van der Waals surface area contributed by atoms with Crippen LogP contribution < -0.4 is 9.62 Å². The van der Waals surface area contributed by atoms with Gasteiger partial charge in [-0.3, -0.25) is 13.9 Å². The number of carbonyl (C=O) groups is 2. The largest absolute Gasteiger partial charge is 0.352 e. The van der Waals surface area contributed by atoms with E-state index in [1.807, 2.05) is 26.8 Å². The molecule has 1 atom stereocenters. The molecular weight excluding hydrogens is 605 g/mol. The molecule has 4 rings (SSSR count). The van der Waals surface area contributed by atoms with Crippen LogP contribution in [0.25, 0.3) is 0 Å². The first kappa shape index (κ1) is 32.8. The first-order valence-electron chi connectivity index (χ1n) is 14.7. The summed E-state index contributed by atoms with van der Waals surface area (Å²) in [5.74, 6) is -0.750. The van der Waals surface area contributed by atoms with E-state index in [0.29, 0.717) is 27.7 Å². The average Bonchev–Trinajstić information content (AvgIpc) is 2.98. The molecule has 1 aliphatic rings. The van der Waals surface area contributed by atoms with Crippen molar-refractivity contribution in [2.45, 2.75) is 82.8 Å². The smallest absolute Gasteiger partial charge is 0.264 e. The van der Waals surface area contributed by atoms with Gasteiger partial charge in [-0.2, -0.15) is 0 Å². The van der Waals surface area contributed by atoms with Crippen LogP contribution in [-0.2, 0) is 26.2 Å². The van der Waals surface area contributed by atoms with Crippen LogP contribution in [0.3, 0.4) is 0 Å². The fourth-order valence-electron chi connectivity index (χ4n) is 5.45. The second-order valence-electron chi connectivity index (χ2n) is 11.2. The monoisotopic (exact) mass is 643 g/mol. The molecule has 1 N–H and O–H groups in total. The van der Waals surface area contributed by atoms with Crippen LogP contribution in [0, 0.1) is 13.8 Å². The van der Waals surface area contributed by atoms with Crippen molar-refractivity contribution in [2.24, 2.45) is 0 Å². The predicted molar refractivity (Wildman–Crippen MR) is 173 cm³/mol. The SMILES string of the molecule is CCC(C(=O)NC1CCCCC1)N(Cc1ccc(Cl)c(Cl)c1)C(=O)CN(c1cccc(C)c1)S(=O)(=O)c1ccc(C)cc1. The van der Waals surface area contributed by atoms with E-state index < -0.39 is 28.5 Å². The van der Waals surface area contributed by atoms with Crippen molar-refractivity contribution in [3.8, 4) is 0 Å². The summed E-state index contributed by atoms with van der Waals surface area (Å²) in [5, 5.41) is 3.86. The third-order valence-corrected chi connectivity index (χ3v) is 10.4. The molecule has 3 aromatic carbocycles. The van der Waals surface area contributed by atoms with Gasteiger partial charge in [-0.25, -0.2) is 8.42 Å². The predicted octanol–water partition coefficient (Wildman–Crippen LogP) is 7.06. The van der Waals surface area contributed by atoms with Gasteiger partial charge in [0.1, 0.15) is 12.6 Å². The van der Waals surface area contributed by atoms with E-state index in [1.165, 1.54) is 17.0 Å². The molecule has 0 aromatic heterocycles. The number of halogens is 2. The van der Waals surface area contributed by atoms with Gasteiger partial charge in [-0.1, -0.05) is 85.3 Å². The number of rotatable bonds is 11. The van der Waals surface area contributed by atoms with E-state index in [4.69, 9.17) is 23.2 Å². The molecule has 0 saturated heterocycles. The van der Waals surface area contributed by atoms with Crippen molar-refractivity contribution in [3.63, 3.8) is 0 Å². The molecule has 1 fully saturated rings. The molecule has 0 radical (unpaired) electrons. The molecule has 1 unspecified atom stereocenters. The van der Waals surface area contributed by atoms with E-state index in [2.05, 4.69) is 5.32 Å². The molecule has 0 spiro atoms. The number of aryl methyl sites for hydroxylation is 2. The Morgan fingerprint density at radius 3 is 2.23 bits per heavy atom. The second kappa shape index (κ2) is 14.6. The zero-order valence-corrected chi connectivity index (χ0v) is 27.2. The van der Waals surface area contributed by atoms with E-state index in [0.717, 1.165) is 47.5 Å². The van der Waals surface area contributed by atoms with Crippen LogP contribution in [0.5, 0.6) is 0 Å². The Bertz CT molecular complexity index is 1540. The number of benzene rings is 3. The van der Waals surface area contributed by atoms with Crippen LogP contribution in [0.2, 0.25) is 10.0 Å². The fraction of sp³-hybridized carbons (Fsp3) is 0.394. The van der Waals surface area contributed by atoms with Crippen molar-refractivity contribution in [3.05, 3.63) is 93.5 Å². The summed E-state index contributed by atoms with van der Waals surface area (Å²) in [5.41, 5.74) is 2.80. The van der Waals surface area contributed by atoms with E-state index >= 15 is 0 Å². The highest BCUT2D eigenvalue weighted by molar-refractivity contribution is 7.92. The van der Waals surface area contributed by atoms with Gasteiger partial charge in [0.15, 0.2) is 0 Å². The number of hydrogen-bond donors (Lipinski definition) is 1. The van der Waals surface area contributed by atoms with Crippen molar-refractivity contribution in [1.29, 1.82) is 0 Å². The molecule has 10 heteroatoms. The van der Waals surface area contributed by atoms with E-state index in [9.17, 15) is 18.0 Å². The van der Waals surface area contributed by atoms with Crippen LogP contribution in [-0.4, -0.2) is 43.8 Å². The lowest BCUT2D eigenvalue weighted by Gasteiger charge is -2.34. The van der Waals surface area contributed by atoms with Gasteiger partial charge in [0.25, 0.3) is 10.0 Å². The summed E-state index contributed by atoms with van der Waals surface area (Å²) >= 11 is 12.4. The number of nitrogens with one attached hydrogen (secondary N) is 1. The molecule has 0 bridgehead atoms. The summed E-state index contributed by atoms with van der Waals surface area (Å²) in [4.78, 5) is 29.5. The normalized spacial score (nSPS) is 14.6. The van der Waals surface area contributed by atoms with Gasteiger partial charge < -0.3 is 10.2 Å². The zero-order valence-electron chi connectivity index (χ0n) is 24.9. The van der Waals surface area contributed by atoms with Gasteiger partial charge >= 0.3 is 0 Å². The lowest BCUT2D eigenvalue weighted by atomic mass is 9.95. The van der Waals surface area contributed by atoms with Crippen LogP contribution >= 0.6 is 23.2 Å². The molecule has 0 aliphatic heterocycles. The third-order valence-electron chi connectivity index (χ3n) is 7.85. The Morgan fingerprint density at radius 2 is 1.60 bits per heavy atom. The van der Waals surface area contributed by atoms with Crippen LogP contribution in [0.1, 0.15) is 62.1 Å². The van der Waals surface area contributed by atoms with Crippen molar-refractivity contribution >= 4 is 50.7 Å². The summed E-state index contributed by atoms with van der Waals surface area (Å²) in [6.07, 6.45) is 5.40. The lowest BCUT2D eigenvalue weighted by molar-refractivity contribution is -0.140. The van der Waals surface area contributed by atoms with Gasteiger partial charge in [-0.05, 0) is 80.6 Å². The lowest BCUT2D eigenvalue weighted by Crippen LogP contribution is -2.54. The summed E-state index contributed by atoms with van der Waals surface area (Å²) in [7, 11) is -4.13. The maximum absolute atomic E-state index is 14.3. The maximum atomic E-state index is 14.3. The number of nitrogens with zero attached hydrogens (tertiary/aromatic N) is 2. The Morgan fingerprint density at radius 1 is 0.907 bits per heavy atom. The molecule has 2 amide bonds. The molecule has 0 heterocycles. The molecule has 43 heavy (non-hydrogen) atoms. The quantitative estimate of drug-likeness (QED) is 0.242. The Balaban J connectivity index is 1.72. The molecule has 1 aliphatic carbocycles. The average molecular weight is 645 g/mol. The van der Waals surface area contributed by atoms with Gasteiger partial charge in [0, 0.05) is 12.6 Å². The van der Waals surface area contributed by atoms with Gasteiger partial charge in [-0.15, -0.1) is 0 Å². The standard InChI is InChI=1S/C33H39Cl2N3O4S/c1-4-31(33(40)36-26-10-6-5-7-11-26)37(21-25-15-18-29(34)30(35)20-25)32(39)22-38(27-12-8-9-24(3)19-27)43(41,42)28-16-13-23(2)14-17-28/h8-9,12-20,26,31H,4-7,10-11,21-22H2,1-3H3,(H,36,40). The number of anilines is 1. The Hall–Kier alpha value is -3.07. The summed E-state index contributed by atoms with van der Waals surface area (Å²) in [6.45, 7) is 5.15. The molecule has 1 saturated carbocycles. The minimum absolute atomic E-state index is 0.0541. The van der Waals surface area contributed by atoms with Crippen LogP contribution in [0.15, 0.2) is 71.6 Å². The number of amides is 2. The third kappa shape index (κ3) is 8.31. The number of carbonyl (C=O) groups excluding carboxylic acids is 2. The van der Waals surface area contributed by atoms with Gasteiger partial charge in [0.2, 0.25) is 11.8 Å². The van der Waals surface area contributed by atoms with Crippen LogP contribution in [0.4, 0.5) is 5.69 Å². The van der Waals surface area contributed by atoms with Gasteiger partial charge in [0.05, 0.1) is 20.6 Å². The summed E-state index contributed by atoms with van der Waals surface area (Å²) in [6, 6.07) is 17.9. The molecule has 3 aromatic rings. The molecule has 230 valence electrons. The minimum Gasteiger partial charge on any atom is -0.352 e. The number of sulfonamides is 1. The maximum Gasteiger partial charge on any atom is 0.264 e. The second-order valence-corrected chi connectivity index (χ2v) is 13.9. The fourth-order valence-corrected chi connectivity index (χ4v) is 7.17. The summed E-state index contributed by atoms with van der Waals surface area (Å²) < 4.78 is 29.2. The Kier molecular flexibility index (Phi) is 11.2. The topological polar surface area (TPSA) is 86.8 Å². The van der Waals surface area contributed by atoms with E-state index in [1.54, 1.807) is 48.5 Å². The highest BCUT2D eigenvalue weighted by atomic mass is 35.5. The highest BCUT2D eigenvalue weighted by Gasteiger charge is 2.34. The van der Waals surface area contributed by atoms with E-state index in [-0.39, 0.29) is 23.4 Å². The molecular formula is C33H39Cl2N3O4S.